The van der Waals surface area contributed by atoms with Crippen molar-refractivity contribution in [1.82, 2.24) is 4.90 Å². The summed E-state index contributed by atoms with van der Waals surface area (Å²) in [6.45, 7) is 7.70. The lowest BCUT2D eigenvalue weighted by Gasteiger charge is -2.28. The molecule has 0 saturated carbocycles. The highest BCUT2D eigenvalue weighted by Crippen LogP contribution is 2.14. The van der Waals surface area contributed by atoms with Gasteiger partial charge in [-0.3, -0.25) is 4.90 Å². The largest absolute Gasteiger partial charge is 0.292 e. The van der Waals surface area contributed by atoms with Gasteiger partial charge in [0.15, 0.2) is 0 Å². The highest BCUT2D eigenvalue weighted by Gasteiger charge is 2.14. The van der Waals surface area contributed by atoms with E-state index in [0.29, 0.717) is 0 Å². The third kappa shape index (κ3) is 2.95. The molecule has 0 N–H and O–H groups in total. The van der Waals surface area contributed by atoms with Crippen LogP contribution in [0.5, 0.6) is 0 Å². The summed E-state index contributed by atoms with van der Waals surface area (Å²) >= 11 is 0. The zero-order valence-electron chi connectivity index (χ0n) is 7.56. The van der Waals surface area contributed by atoms with Gasteiger partial charge >= 0.3 is 0 Å². The first kappa shape index (κ1) is 8.62. The first-order valence-corrected chi connectivity index (χ1v) is 4.45. The monoisotopic (exact) mass is 151 g/mol. The minimum atomic E-state index is 0.877. The smallest absolute Gasteiger partial charge is 0.0601 e. The van der Waals surface area contributed by atoms with Crippen molar-refractivity contribution in [2.24, 2.45) is 5.92 Å². The van der Waals surface area contributed by atoms with E-state index < -0.39 is 0 Å². The molecule has 0 aromatic heterocycles. The van der Waals surface area contributed by atoms with Crippen LogP contribution in [0.25, 0.3) is 0 Å². The fourth-order valence-electron chi connectivity index (χ4n) is 1.62. The van der Waals surface area contributed by atoms with Crippen molar-refractivity contribution < 1.29 is 0 Å². The lowest BCUT2D eigenvalue weighted by atomic mass is 10.0. The predicted octanol–water partition coefficient (Wildman–Crippen LogP) is 1.74. The number of piperidine rings is 1. The van der Waals surface area contributed by atoms with Crippen LogP contribution in [0.4, 0.5) is 0 Å². The van der Waals surface area contributed by atoms with E-state index in [9.17, 15) is 0 Å². The summed E-state index contributed by atoms with van der Waals surface area (Å²) in [4.78, 5) is 2.45. The van der Waals surface area contributed by atoms with Crippen molar-refractivity contribution in [2.75, 3.05) is 19.6 Å². The van der Waals surface area contributed by atoms with E-state index in [1.807, 2.05) is 6.92 Å². The zero-order chi connectivity index (χ0) is 8.10. The minimum Gasteiger partial charge on any atom is -0.292 e. The van der Waals surface area contributed by atoms with Gasteiger partial charge in [-0.15, -0.1) is 5.92 Å². The molecule has 0 aromatic rings. The average molecular weight is 151 g/mol. The summed E-state index contributed by atoms with van der Waals surface area (Å²) in [5.74, 6) is 6.93. The molecule has 1 rings (SSSR count). The average Bonchev–Trinajstić information content (AvgIpc) is 2.01. The molecule has 0 aliphatic carbocycles. The maximum atomic E-state index is 3.11. The van der Waals surface area contributed by atoms with E-state index in [4.69, 9.17) is 0 Å². The highest BCUT2D eigenvalue weighted by atomic mass is 15.1. The summed E-state index contributed by atoms with van der Waals surface area (Å²) in [6, 6.07) is 0. The van der Waals surface area contributed by atoms with Crippen molar-refractivity contribution in [3.8, 4) is 11.8 Å². The van der Waals surface area contributed by atoms with E-state index in [1.54, 1.807) is 0 Å². The van der Waals surface area contributed by atoms with Crippen LogP contribution in [0, 0.1) is 17.8 Å². The highest BCUT2D eigenvalue weighted by molar-refractivity contribution is 4.98. The molecule has 0 radical (unpaired) electrons. The zero-order valence-corrected chi connectivity index (χ0v) is 7.56. The Balaban J connectivity index is 2.26. The van der Waals surface area contributed by atoms with E-state index in [-0.39, 0.29) is 0 Å². The molecule has 1 saturated heterocycles. The molecule has 1 heteroatoms. The maximum Gasteiger partial charge on any atom is 0.0601 e. The van der Waals surface area contributed by atoms with Crippen molar-refractivity contribution >= 4 is 0 Å². The van der Waals surface area contributed by atoms with Gasteiger partial charge in [0.1, 0.15) is 0 Å². The van der Waals surface area contributed by atoms with Gasteiger partial charge < -0.3 is 0 Å². The molecule has 0 aromatic carbocycles. The number of likely N-dealkylation sites (tertiary alicyclic amines) is 1. The molecule has 0 bridgehead atoms. The summed E-state index contributed by atoms with van der Waals surface area (Å²) in [5.41, 5.74) is 0. The molecular weight excluding hydrogens is 134 g/mol. The quantitative estimate of drug-likeness (QED) is 0.516. The Morgan fingerprint density at radius 3 is 3.00 bits per heavy atom. The molecule has 1 heterocycles. The molecule has 1 fully saturated rings. The molecule has 0 unspecified atom stereocenters. The van der Waals surface area contributed by atoms with Crippen LogP contribution in [0.1, 0.15) is 26.7 Å². The number of rotatable bonds is 1. The molecule has 1 aliphatic rings. The summed E-state index contributed by atoms with van der Waals surface area (Å²) in [7, 11) is 0. The first-order valence-electron chi connectivity index (χ1n) is 4.45. The third-order valence-corrected chi connectivity index (χ3v) is 2.22. The lowest BCUT2D eigenvalue weighted by Crippen LogP contribution is -2.34. The van der Waals surface area contributed by atoms with Crippen molar-refractivity contribution in [3.63, 3.8) is 0 Å². The van der Waals surface area contributed by atoms with Crippen LogP contribution in [-0.4, -0.2) is 24.5 Å². The Morgan fingerprint density at radius 2 is 2.36 bits per heavy atom. The van der Waals surface area contributed by atoms with E-state index >= 15 is 0 Å². The topological polar surface area (TPSA) is 3.24 Å². The van der Waals surface area contributed by atoms with Gasteiger partial charge in [-0.05, 0) is 32.2 Å². The Kier molecular flexibility index (Phi) is 3.45. The molecule has 11 heavy (non-hydrogen) atoms. The van der Waals surface area contributed by atoms with Crippen LogP contribution in [0.2, 0.25) is 0 Å². The lowest BCUT2D eigenvalue weighted by molar-refractivity contribution is 0.204. The van der Waals surface area contributed by atoms with Crippen molar-refractivity contribution in [2.45, 2.75) is 26.7 Å². The van der Waals surface area contributed by atoms with Crippen LogP contribution in [0.15, 0.2) is 0 Å². The molecule has 1 atom stereocenters. The molecule has 1 nitrogen and oxygen atoms in total. The van der Waals surface area contributed by atoms with Gasteiger partial charge in [-0.25, -0.2) is 0 Å². The second kappa shape index (κ2) is 4.41. The molecule has 0 spiro atoms. The number of hydrogen-bond acceptors (Lipinski definition) is 1. The molecule has 62 valence electrons. The van der Waals surface area contributed by atoms with Gasteiger partial charge in [0, 0.05) is 6.54 Å². The first-order chi connectivity index (χ1) is 5.33. The maximum absolute atomic E-state index is 3.11. The van der Waals surface area contributed by atoms with E-state index in [1.165, 1.54) is 25.9 Å². The van der Waals surface area contributed by atoms with Gasteiger partial charge in [0.2, 0.25) is 0 Å². The standard InChI is InChI=1S/C10H17N/c1-3-4-7-11-8-5-6-10(2)9-11/h10H,5-9H2,1-2H3/t10-/m1/s1. The Bertz CT molecular complexity index is 163. The Hall–Kier alpha value is -0.480. The SMILES string of the molecule is CC#CCN1CCC[C@@H](C)C1. The summed E-state index contributed by atoms with van der Waals surface area (Å²) < 4.78 is 0. The van der Waals surface area contributed by atoms with Crippen LogP contribution in [-0.2, 0) is 0 Å². The Labute approximate surface area is 69.8 Å². The third-order valence-electron chi connectivity index (χ3n) is 2.22. The molecule has 0 amide bonds. The van der Waals surface area contributed by atoms with Gasteiger partial charge in [-0.2, -0.15) is 0 Å². The number of nitrogens with zero attached hydrogens (tertiary/aromatic N) is 1. The minimum absolute atomic E-state index is 0.877. The molecular formula is C10H17N. The van der Waals surface area contributed by atoms with E-state index in [0.717, 1.165) is 12.5 Å². The molecule has 1 aliphatic heterocycles. The van der Waals surface area contributed by atoms with Gasteiger partial charge in [0.25, 0.3) is 0 Å². The van der Waals surface area contributed by atoms with Crippen LogP contribution < -0.4 is 0 Å². The number of hydrogen-bond donors (Lipinski definition) is 0. The second-order valence-electron chi connectivity index (χ2n) is 3.41. The second-order valence-corrected chi connectivity index (χ2v) is 3.41. The Morgan fingerprint density at radius 1 is 1.55 bits per heavy atom. The van der Waals surface area contributed by atoms with Crippen molar-refractivity contribution in [3.05, 3.63) is 0 Å². The van der Waals surface area contributed by atoms with E-state index in [2.05, 4.69) is 23.7 Å². The van der Waals surface area contributed by atoms with Gasteiger partial charge in [0.05, 0.1) is 6.54 Å². The normalized spacial score (nSPS) is 25.8. The van der Waals surface area contributed by atoms with Crippen LogP contribution in [0.3, 0.4) is 0 Å². The fourth-order valence-corrected chi connectivity index (χ4v) is 1.62. The van der Waals surface area contributed by atoms with Gasteiger partial charge in [-0.1, -0.05) is 12.8 Å². The summed E-state index contributed by atoms with van der Waals surface area (Å²) in [6.07, 6.45) is 2.75. The fraction of sp³-hybridized carbons (Fsp3) is 0.800. The summed E-state index contributed by atoms with van der Waals surface area (Å²) in [5, 5.41) is 0. The van der Waals surface area contributed by atoms with Crippen LogP contribution >= 0.6 is 0 Å². The predicted molar refractivity (Wildman–Crippen MR) is 48.3 cm³/mol. The van der Waals surface area contributed by atoms with Crippen molar-refractivity contribution in [1.29, 1.82) is 0 Å².